The second-order valence-corrected chi connectivity index (χ2v) is 10.4. The Morgan fingerprint density at radius 3 is 2.69 bits per heavy atom. The number of sulfonamides is 1. The summed E-state index contributed by atoms with van der Waals surface area (Å²) >= 11 is 0. The Labute approximate surface area is 184 Å². The molecule has 1 saturated heterocycles. The molecule has 0 unspecified atom stereocenters. The summed E-state index contributed by atoms with van der Waals surface area (Å²) < 4.78 is 56.8. The van der Waals surface area contributed by atoms with Crippen LogP contribution in [0.2, 0.25) is 0 Å². The van der Waals surface area contributed by atoms with Crippen LogP contribution in [0.3, 0.4) is 0 Å². The number of nitrogens with zero attached hydrogens (tertiary/aromatic N) is 3. The van der Waals surface area contributed by atoms with Crippen molar-refractivity contribution < 1.29 is 22.0 Å². The normalized spacial score (nSPS) is 22.8. The maximum Gasteiger partial charge on any atom is 0.253 e. The molecule has 1 aromatic carbocycles. The highest BCUT2D eigenvalue weighted by Gasteiger charge is 2.55. The molecule has 1 amide bonds. The third kappa shape index (κ3) is 3.67. The largest absolute Gasteiger partial charge is 0.348 e. The Bertz CT molecular complexity index is 1270. The van der Waals surface area contributed by atoms with Gasteiger partial charge in [0.1, 0.15) is 5.65 Å². The first-order valence-corrected chi connectivity index (χ1v) is 11.9. The maximum absolute atomic E-state index is 14.0. The minimum Gasteiger partial charge on any atom is -0.348 e. The second-order valence-electron chi connectivity index (χ2n) is 8.43. The molecule has 1 aliphatic heterocycles. The number of nitrogens with one attached hydrogen (secondary N) is 1. The molecule has 0 bridgehead atoms. The predicted molar refractivity (Wildman–Crippen MR) is 113 cm³/mol. The molecule has 2 aliphatic rings. The summed E-state index contributed by atoms with van der Waals surface area (Å²) in [5.74, 6) is -4.23. The number of aromatic nitrogens is 2. The third-order valence-electron chi connectivity index (χ3n) is 6.46. The van der Waals surface area contributed by atoms with Gasteiger partial charge >= 0.3 is 0 Å². The fraction of sp³-hybridized carbons (Fsp3) is 0.364. The van der Waals surface area contributed by atoms with Crippen LogP contribution < -0.4 is 5.32 Å². The van der Waals surface area contributed by atoms with Crippen LogP contribution in [-0.2, 0) is 16.6 Å². The van der Waals surface area contributed by atoms with Gasteiger partial charge in [0.05, 0.1) is 10.5 Å². The first-order chi connectivity index (χ1) is 15.2. The van der Waals surface area contributed by atoms with E-state index in [-0.39, 0.29) is 42.8 Å². The average Bonchev–Trinajstić information content (AvgIpc) is 3.49. The zero-order valence-corrected chi connectivity index (χ0v) is 17.9. The summed E-state index contributed by atoms with van der Waals surface area (Å²) in [4.78, 5) is 16.6. The smallest absolute Gasteiger partial charge is 0.253 e. The van der Waals surface area contributed by atoms with Gasteiger partial charge in [-0.25, -0.2) is 22.2 Å². The van der Waals surface area contributed by atoms with Gasteiger partial charge in [0.2, 0.25) is 10.0 Å². The highest BCUT2D eigenvalue weighted by molar-refractivity contribution is 7.89. The molecule has 1 saturated carbocycles. The quantitative estimate of drug-likeness (QED) is 0.635. The van der Waals surface area contributed by atoms with Gasteiger partial charge in [-0.15, -0.1) is 0 Å². The number of fused-ring (bicyclic) bond motifs is 2. The molecule has 7 nitrogen and oxygen atoms in total. The van der Waals surface area contributed by atoms with Crippen molar-refractivity contribution in [3.8, 4) is 0 Å². The summed E-state index contributed by atoms with van der Waals surface area (Å²) in [5, 5.41) is 2.81. The molecule has 0 spiro atoms. The van der Waals surface area contributed by atoms with Gasteiger partial charge in [-0.2, -0.15) is 4.31 Å². The van der Waals surface area contributed by atoms with E-state index in [1.165, 1.54) is 16.4 Å². The monoisotopic (exact) mass is 460 g/mol. The van der Waals surface area contributed by atoms with Crippen molar-refractivity contribution in [2.45, 2.75) is 30.2 Å². The van der Waals surface area contributed by atoms with Crippen LogP contribution in [0.4, 0.5) is 8.78 Å². The van der Waals surface area contributed by atoms with Crippen LogP contribution in [0.15, 0.2) is 59.9 Å². The molecule has 168 valence electrons. The molecule has 10 heteroatoms. The Hall–Kier alpha value is -2.85. The van der Waals surface area contributed by atoms with E-state index in [1.807, 2.05) is 0 Å². The molecule has 5 rings (SSSR count). The summed E-state index contributed by atoms with van der Waals surface area (Å²) in [6.45, 7) is 0.224. The van der Waals surface area contributed by atoms with Crippen molar-refractivity contribution in [2.24, 2.45) is 11.8 Å². The maximum atomic E-state index is 14.0. The minimum absolute atomic E-state index is 0.0708. The van der Waals surface area contributed by atoms with Crippen molar-refractivity contribution in [3.63, 3.8) is 0 Å². The molecule has 2 aromatic heterocycles. The number of carbonyl (C=O) groups is 1. The van der Waals surface area contributed by atoms with E-state index in [4.69, 9.17) is 0 Å². The SMILES string of the molecule is O=C(NCc1ccc(S(=O)(=O)N2C[C@H]3CCC(F)(F)[C@H]3C2)cc1)c1ccc2nccn2c1. The molecule has 1 N–H and O–H groups in total. The molecule has 3 heterocycles. The van der Waals surface area contributed by atoms with Gasteiger partial charge in [0, 0.05) is 50.6 Å². The minimum atomic E-state index is -3.83. The number of hydrogen-bond acceptors (Lipinski definition) is 4. The molecule has 1 aliphatic carbocycles. The Morgan fingerprint density at radius 1 is 1.16 bits per heavy atom. The summed E-state index contributed by atoms with van der Waals surface area (Å²) in [5.41, 5.74) is 1.95. The van der Waals surface area contributed by atoms with Gasteiger partial charge in [-0.1, -0.05) is 12.1 Å². The van der Waals surface area contributed by atoms with E-state index in [0.29, 0.717) is 12.0 Å². The van der Waals surface area contributed by atoms with Crippen molar-refractivity contribution >= 4 is 21.6 Å². The Balaban J connectivity index is 1.23. The number of benzene rings is 1. The van der Waals surface area contributed by atoms with E-state index in [1.54, 1.807) is 47.3 Å². The highest BCUT2D eigenvalue weighted by atomic mass is 32.2. The van der Waals surface area contributed by atoms with Gasteiger partial charge in [0.15, 0.2) is 0 Å². The van der Waals surface area contributed by atoms with Crippen LogP contribution in [-0.4, -0.2) is 47.0 Å². The zero-order valence-electron chi connectivity index (χ0n) is 17.1. The van der Waals surface area contributed by atoms with Crippen molar-refractivity contribution in [1.29, 1.82) is 0 Å². The lowest BCUT2D eigenvalue weighted by Crippen LogP contribution is -2.33. The number of hydrogen-bond donors (Lipinski definition) is 1. The van der Waals surface area contributed by atoms with E-state index in [0.717, 1.165) is 11.2 Å². The van der Waals surface area contributed by atoms with E-state index < -0.39 is 21.9 Å². The third-order valence-corrected chi connectivity index (χ3v) is 8.31. The van der Waals surface area contributed by atoms with E-state index >= 15 is 0 Å². The Kier molecular flexibility index (Phi) is 5.01. The Morgan fingerprint density at radius 2 is 1.94 bits per heavy atom. The van der Waals surface area contributed by atoms with Gasteiger partial charge in [0.25, 0.3) is 11.8 Å². The summed E-state index contributed by atoms with van der Waals surface area (Å²) in [6, 6.07) is 9.59. The van der Waals surface area contributed by atoms with Crippen LogP contribution in [0, 0.1) is 11.8 Å². The number of alkyl halides is 2. The van der Waals surface area contributed by atoms with Crippen molar-refractivity contribution in [1.82, 2.24) is 19.0 Å². The van der Waals surface area contributed by atoms with Crippen molar-refractivity contribution in [2.75, 3.05) is 13.1 Å². The molecule has 2 atom stereocenters. The second kappa shape index (κ2) is 7.63. The number of pyridine rings is 1. The van der Waals surface area contributed by atoms with Crippen LogP contribution in [0.1, 0.15) is 28.8 Å². The summed E-state index contributed by atoms with van der Waals surface area (Å²) in [6.07, 6.45) is 5.28. The fourth-order valence-electron chi connectivity index (χ4n) is 4.63. The lowest BCUT2D eigenvalue weighted by Gasteiger charge is -2.20. The van der Waals surface area contributed by atoms with E-state index in [2.05, 4.69) is 10.3 Å². The number of amides is 1. The highest BCUT2D eigenvalue weighted by Crippen LogP contribution is 2.49. The van der Waals surface area contributed by atoms with Crippen LogP contribution in [0.25, 0.3) is 5.65 Å². The van der Waals surface area contributed by atoms with Gasteiger partial charge < -0.3 is 9.72 Å². The summed E-state index contributed by atoms with van der Waals surface area (Å²) in [7, 11) is -3.83. The lowest BCUT2D eigenvalue weighted by atomic mass is 9.99. The average molecular weight is 461 g/mol. The van der Waals surface area contributed by atoms with Crippen LogP contribution in [0.5, 0.6) is 0 Å². The standard InChI is InChI=1S/C22H22F2N4O3S/c23-22(24)8-7-16-13-28(14-19(16)22)32(30,31)18-4-1-15(2-5-18)11-26-21(29)17-3-6-20-25-9-10-27(20)12-17/h1-6,9-10,12,16,19H,7-8,11,13-14H2,(H,26,29)/t16-,19+/m1/s1. The number of rotatable bonds is 5. The zero-order chi connectivity index (χ0) is 22.5. The topological polar surface area (TPSA) is 83.8 Å². The molecule has 32 heavy (non-hydrogen) atoms. The first kappa shape index (κ1) is 21.0. The molecule has 3 aromatic rings. The molecule has 2 fully saturated rings. The number of imidazole rings is 1. The van der Waals surface area contributed by atoms with Gasteiger partial charge in [-0.05, 0) is 42.2 Å². The van der Waals surface area contributed by atoms with Gasteiger partial charge in [-0.3, -0.25) is 4.79 Å². The van der Waals surface area contributed by atoms with Crippen LogP contribution >= 0.6 is 0 Å². The molecular weight excluding hydrogens is 438 g/mol. The van der Waals surface area contributed by atoms with Crippen molar-refractivity contribution in [3.05, 3.63) is 66.1 Å². The lowest BCUT2D eigenvalue weighted by molar-refractivity contribution is -0.0376. The molecule has 0 radical (unpaired) electrons. The molecular formula is C22H22F2N4O3S. The predicted octanol–water partition coefficient (Wildman–Crippen LogP) is 2.93. The van der Waals surface area contributed by atoms with E-state index in [9.17, 15) is 22.0 Å². The fourth-order valence-corrected chi connectivity index (χ4v) is 6.15. The number of carbonyl (C=O) groups excluding carboxylic acids is 1. The first-order valence-electron chi connectivity index (χ1n) is 10.4. The number of halogens is 2.